The van der Waals surface area contributed by atoms with Gasteiger partial charge in [0.2, 0.25) is 0 Å². The van der Waals surface area contributed by atoms with Gasteiger partial charge in [0.1, 0.15) is 0 Å². The number of hydrogen-bond acceptors (Lipinski definition) is 0. The molecule has 0 nitrogen and oxygen atoms in total. The summed E-state index contributed by atoms with van der Waals surface area (Å²) in [6.45, 7) is 0. The minimum absolute atomic E-state index is 0.687. The van der Waals surface area contributed by atoms with Crippen LogP contribution in [0.5, 0.6) is 0 Å². The Hall–Kier alpha value is 0.430. The Bertz CT molecular complexity index is 256. The second-order valence-corrected chi connectivity index (χ2v) is 13.4. The molecule has 4 aliphatic carbocycles. The predicted molar refractivity (Wildman–Crippen MR) is 95.9 cm³/mol. The summed E-state index contributed by atoms with van der Waals surface area (Å²) in [5.74, 6) is 0. The van der Waals surface area contributed by atoms with Crippen LogP contribution in [-0.2, 0) is 0 Å². The van der Waals surface area contributed by atoms with E-state index < -0.39 is 7.26 Å². The van der Waals surface area contributed by atoms with Gasteiger partial charge in [-0.2, -0.15) is 0 Å². The van der Waals surface area contributed by atoms with E-state index in [2.05, 4.69) is 0 Å². The maximum absolute atomic E-state index is 1.65. The van der Waals surface area contributed by atoms with Gasteiger partial charge < -0.3 is 0 Å². The fourth-order valence-electron chi connectivity index (χ4n) is 7.19. The van der Waals surface area contributed by atoms with Crippen molar-refractivity contribution in [2.24, 2.45) is 0 Å². The van der Waals surface area contributed by atoms with Crippen molar-refractivity contribution in [3.63, 3.8) is 0 Å². The lowest BCUT2D eigenvalue weighted by molar-refractivity contribution is 0.703. The van der Waals surface area contributed by atoms with Gasteiger partial charge in [0.25, 0.3) is 0 Å². The average molecular weight is 307 g/mol. The van der Waals surface area contributed by atoms with Gasteiger partial charge in [-0.15, -0.1) is 0 Å². The molecular formula is C20H36P+. The lowest BCUT2D eigenvalue weighted by Crippen LogP contribution is -2.35. The van der Waals surface area contributed by atoms with Crippen LogP contribution in [0.1, 0.15) is 103 Å². The highest BCUT2D eigenvalue weighted by molar-refractivity contribution is 7.78. The molecular weight excluding hydrogens is 271 g/mol. The highest BCUT2D eigenvalue weighted by atomic mass is 31.2. The lowest BCUT2D eigenvalue weighted by atomic mass is 10.3. The van der Waals surface area contributed by atoms with Gasteiger partial charge in [-0.3, -0.25) is 0 Å². The minimum Gasteiger partial charge on any atom is -0.0494 e. The van der Waals surface area contributed by atoms with Gasteiger partial charge in [-0.25, -0.2) is 0 Å². The molecule has 21 heavy (non-hydrogen) atoms. The van der Waals surface area contributed by atoms with E-state index >= 15 is 0 Å². The Morgan fingerprint density at radius 3 is 0.714 bits per heavy atom. The normalized spacial score (nSPS) is 30.9. The Balaban J connectivity index is 1.71. The van der Waals surface area contributed by atoms with Crippen LogP contribution in [0.25, 0.3) is 0 Å². The summed E-state index contributed by atoms with van der Waals surface area (Å²) >= 11 is 0. The zero-order valence-corrected chi connectivity index (χ0v) is 15.0. The fraction of sp³-hybridized carbons (Fsp3) is 1.00. The summed E-state index contributed by atoms with van der Waals surface area (Å²) in [6, 6.07) is 0. The van der Waals surface area contributed by atoms with Gasteiger partial charge in [0, 0.05) is 7.26 Å². The molecule has 0 aromatic heterocycles. The van der Waals surface area contributed by atoms with Crippen molar-refractivity contribution in [3.8, 4) is 0 Å². The Labute approximate surface area is 133 Å². The van der Waals surface area contributed by atoms with Gasteiger partial charge in [0.05, 0.1) is 22.6 Å². The van der Waals surface area contributed by atoms with Crippen molar-refractivity contribution in [1.82, 2.24) is 0 Å². The molecule has 4 rings (SSSR count). The Morgan fingerprint density at radius 2 is 0.524 bits per heavy atom. The lowest BCUT2D eigenvalue weighted by Gasteiger charge is -2.46. The third-order valence-corrected chi connectivity index (χ3v) is 15.0. The molecule has 0 spiro atoms. The van der Waals surface area contributed by atoms with Crippen molar-refractivity contribution < 1.29 is 0 Å². The summed E-state index contributed by atoms with van der Waals surface area (Å²) in [5, 5.41) is 0. The SMILES string of the molecule is C1CCC([P+](C2CCCC2)(C2CCCC2)C2CCCC2)C1. The molecule has 0 saturated heterocycles. The first-order valence-electron chi connectivity index (χ1n) is 10.3. The van der Waals surface area contributed by atoms with Crippen LogP contribution < -0.4 is 0 Å². The van der Waals surface area contributed by atoms with E-state index in [0.29, 0.717) is 0 Å². The van der Waals surface area contributed by atoms with Crippen LogP contribution in [0.4, 0.5) is 0 Å². The Morgan fingerprint density at radius 1 is 0.333 bits per heavy atom. The molecule has 0 bridgehead atoms. The van der Waals surface area contributed by atoms with Crippen LogP contribution in [0.3, 0.4) is 0 Å². The number of rotatable bonds is 4. The molecule has 4 saturated carbocycles. The average Bonchev–Trinajstić information content (AvgIpc) is 3.32. The standard InChI is InChI=1S/C20H36P/c1-2-10-17(9-1)21(18-11-3-4-12-18,19-13-5-6-14-19)20-15-7-8-16-20/h17-20H,1-16H2/q+1. The van der Waals surface area contributed by atoms with E-state index in [1.54, 1.807) is 103 Å². The second kappa shape index (κ2) is 6.51. The van der Waals surface area contributed by atoms with Crippen molar-refractivity contribution in [3.05, 3.63) is 0 Å². The Kier molecular flexibility index (Phi) is 4.64. The summed E-state index contributed by atoms with van der Waals surface area (Å²) in [5.41, 5.74) is 4.97. The molecule has 120 valence electrons. The maximum Gasteiger partial charge on any atom is 0.0705 e. The molecule has 4 fully saturated rings. The molecule has 0 aromatic carbocycles. The highest BCUT2D eigenvalue weighted by Crippen LogP contribution is 2.82. The van der Waals surface area contributed by atoms with E-state index in [9.17, 15) is 0 Å². The monoisotopic (exact) mass is 307 g/mol. The van der Waals surface area contributed by atoms with E-state index in [-0.39, 0.29) is 0 Å². The largest absolute Gasteiger partial charge is 0.0705 e. The van der Waals surface area contributed by atoms with Gasteiger partial charge in [0.15, 0.2) is 0 Å². The first kappa shape index (κ1) is 15.0. The first-order valence-corrected chi connectivity index (χ1v) is 12.4. The summed E-state index contributed by atoms with van der Waals surface area (Å²) in [7, 11) is -0.687. The van der Waals surface area contributed by atoms with Crippen molar-refractivity contribution >= 4 is 7.26 Å². The van der Waals surface area contributed by atoms with Crippen LogP contribution in [-0.4, -0.2) is 22.6 Å². The van der Waals surface area contributed by atoms with E-state index in [4.69, 9.17) is 0 Å². The van der Waals surface area contributed by atoms with Crippen molar-refractivity contribution in [2.75, 3.05) is 0 Å². The maximum atomic E-state index is 1.65. The summed E-state index contributed by atoms with van der Waals surface area (Å²) in [6.07, 6.45) is 25.9. The highest BCUT2D eigenvalue weighted by Gasteiger charge is 2.62. The van der Waals surface area contributed by atoms with Crippen LogP contribution in [0.2, 0.25) is 0 Å². The molecule has 0 heterocycles. The molecule has 4 aliphatic rings. The predicted octanol–water partition coefficient (Wildman–Crippen LogP) is 6.77. The van der Waals surface area contributed by atoms with E-state index in [0.717, 1.165) is 0 Å². The summed E-state index contributed by atoms with van der Waals surface area (Å²) in [4.78, 5) is 0. The van der Waals surface area contributed by atoms with E-state index in [1.165, 1.54) is 22.6 Å². The van der Waals surface area contributed by atoms with Gasteiger partial charge in [-0.1, -0.05) is 0 Å². The minimum atomic E-state index is -0.687. The van der Waals surface area contributed by atoms with Gasteiger partial charge >= 0.3 is 0 Å². The summed E-state index contributed by atoms with van der Waals surface area (Å²) < 4.78 is 0. The zero-order valence-electron chi connectivity index (χ0n) is 14.1. The molecule has 0 unspecified atom stereocenters. The fourth-order valence-corrected chi connectivity index (χ4v) is 15.8. The van der Waals surface area contributed by atoms with E-state index in [1.807, 2.05) is 0 Å². The molecule has 0 radical (unpaired) electrons. The number of hydrogen-bond donors (Lipinski definition) is 0. The first-order chi connectivity index (χ1) is 10.4. The second-order valence-electron chi connectivity index (χ2n) is 8.65. The van der Waals surface area contributed by atoms with Crippen LogP contribution in [0.15, 0.2) is 0 Å². The third kappa shape index (κ3) is 2.52. The topological polar surface area (TPSA) is 0 Å². The quantitative estimate of drug-likeness (QED) is 0.502. The molecule has 0 amide bonds. The molecule has 0 aliphatic heterocycles. The van der Waals surface area contributed by atoms with Crippen molar-refractivity contribution in [1.29, 1.82) is 0 Å². The molecule has 0 N–H and O–H groups in total. The molecule has 1 heteroatoms. The zero-order chi connectivity index (χ0) is 14.1. The van der Waals surface area contributed by atoms with Crippen molar-refractivity contribution in [2.45, 2.75) is 125 Å². The molecule has 0 aromatic rings. The molecule has 0 atom stereocenters. The third-order valence-electron chi connectivity index (χ3n) is 7.83. The van der Waals surface area contributed by atoms with Crippen LogP contribution >= 0.6 is 7.26 Å². The smallest absolute Gasteiger partial charge is 0.0494 e. The van der Waals surface area contributed by atoms with Gasteiger partial charge in [-0.05, 0) is 103 Å². The van der Waals surface area contributed by atoms with Crippen LogP contribution in [0, 0.1) is 0 Å².